The summed E-state index contributed by atoms with van der Waals surface area (Å²) in [6.07, 6.45) is 2.59. The number of carbonyl (C=O) groups excluding carboxylic acids is 2. The summed E-state index contributed by atoms with van der Waals surface area (Å²) in [5.41, 5.74) is 7.74. The van der Waals surface area contributed by atoms with Crippen molar-refractivity contribution >= 4 is 11.8 Å². The van der Waals surface area contributed by atoms with Gasteiger partial charge in [-0.15, -0.1) is 0 Å². The number of ether oxygens (including phenoxy) is 2. The van der Waals surface area contributed by atoms with E-state index < -0.39 is 0 Å². The maximum Gasteiger partial charge on any atom is 0.278 e. The first-order valence-electron chi connectivity index (χ1n) is 9.16. The van der Waals surface area contributed by atoms with Crippen LogP contribution in [0.4, 0.5) is 0 Å². The molecule has 1 fully saturated rings. The Morgan fingerprint density at radius 1 is 1.23 bits per heavy atom. The number of nitrogens with two attached hydrogens (primary N) is 1. The Kier molecular flexibility index (Phi) is 5.66. The third-order valence-electron chi connectivity index (χ3n) is 5.49. The highest BCUT2D eigenvalue weighted by Crippen LogP contribution is 2.33. The summed E-state index contributed by atoms with van der Waals surface area (Å²) in [4.78, 5) is 27.2. The molecule has 7 heteroatoms. The second kappa shape index (κ2) is 7.95. The molecule has 26 heavy (non-hydrogen) atoms. The van der Waals surface area contributed by atoms with E-state index in [0.717, 1.165) is 42.0 Å². The lowest BCUT2D eigenvalue weighted by Crippen LogP contribution is -3.15. The monoisotopic (exact) mass is 362 g/mol. The molecular weight excluding hydrogens is 334 g/mol. The molecule has 2 heterocycles. The fraction of sp³-hybridized carbons (Fsp3) is 0.579. The van der Waals surface area contributed by atoms with E-state index in [0.29, 0.717) is 31.9 Å². The Morgan fingerprint density at radius 2 is 1.92 bits per heavy atom. The Morgan fingerprint density at radius 3 is 2.58 bits per heavy atom. The SMILES string of the molecule is COc1cc2c(cc1OC)CN(C(=O)C[NH+]1CCC[C@@H](C(N)=O)C1)CC2. The van der Waals surface area contributed by atoms with Crippen LogP contribution in [-0.4, -0.2) is 57.1 Å². The fourth-order valence-corrected chi connectivity index (χ4v) is 3.98. The number of piperidine rings is 1. The van der Waals surface area contributed by atoms with E-state index in [-0.39, 0.29) is 17.7 Å². The normalized spacial score (nSPS) is 22.5. The molecule has 0 aliphatic carbocycles. The standard InChI is InChI=1S/C19H27N3O4/c1-25-16-8-13-5-7-22(11-15(13)9-17(16)26-2)18(23)12-21-6-3-4-14(10-21)19(20)24/h8-9,14H,3-7,10-12H2,1-2H3,(H2,20,24)/p+1/t14-/m1/s1. The predicted molar refractivity (Wildman–Crippen MR) is 96.1 cm³/mol. The number of hydrogen-bond donors (Lipinski definition) is 2. The number of amides is 2. The number of fused-ring (bicyclic) bond motifs is 1. The van der Waals surface area contributed by atoms with Crippen LogP contribution in [0.2, 0.25) is 0 Å². The van der Waals surface area contributed by atoms with Gasteiger partial charge < -0.3 is 25.0 Å². The summed E-state index contributed by atoms with van der Waals surface area (Å²) < 4.78 is 10.7. The van der Waals surface area contributed by atoms with E-state index in [2.05, 4.69) is 0 Å². The van der Waals surface area contributed by atoms with Crippen molar-refractivity contribution in [2.75, 3.05) is 40.4 Å². The van der Waals surface area contributed by atoms with Crippen LogP contribution in [0.25, 0.3) is 0 Å². The van der Waals surface area contributed by atoms with Crippen molar-refractivity contribution in [2.24, 2.45) is 11.7 Å². The van der Waals surface area contributed by atoms with Gasteiger partial charge in [0.05, 0.1) is 33.2 Å². The van der Waals surface area contributed by atoms with Crippen LogP contribution in [0, 0.1) is 5.92 Å². The van der Waals surface area contributed by atoms with Gasteiger partial charge in [-0.2, -0.15) is 0 Å². The lowest BCUT2D eigenvalue weighted by molar-refractivity contribution is -0.899. The van der Waals surface area contributed by atoms with Gasteiger partial charge in [-0.1, -0.05) is 0 Å². The zero-order valence-corrected chi connectivity index (χ0v) is 15.5. The lowest BCUT2D eigenvalue weighted by atomic mass is 9.97. The minimum atomic E-state index is -0.248. The quantitative estimate of drug-likeness (QED) is 0.730. The van der Waals surface area contributed by atoms with Crippen molar-refractivity contribution < 1.29 is 24.0 Å². The van der Waals surface area contributed by atoms with Crippen LogP contribution in [0.1, 0.15) is 24.0 Å². The Labute approximate surface area is 154 Å². The van der Waals surface area contributed by atoms with Gasteiger partial charge in [0.1, 0.15) is 0 Å². The highest BCUT2D eigenvalue weighted by Gasteiger charge is 2.30. The summed E-state index contributed by atoms with van der Waals surface area (Å²) in [7, 11) is 3.24. The van der Waals surface area contributed by atoms with Crippen LogP contribution in [-0.2, 0) is 22.6 Å². The predicted octanol–water partition coefficient (Wildman–Crippen LogP) is -0.631. The number of likely N-dealkylation sites (tertiary alicyclic amines) is 1. The zero-order chi connectivity index (χ0) is 18.7. The molecule has 2 aliphatic heterocycles. The molecule has 1 aromatic carbocycles. The number of benzene rings is 1. The van der Waals surface area contributed by atoms with E-state index in [1.165, 1.54) is 5.56 Å². The Balaban J connectivity index is 1.64. The van der Waals surface area contributed by atoms with Crippen LogP contribution in [0.15, 0.2) is 12.1 Å². The first kappa shape index (κ1) is 18.5. The Hall–Kier alpha value is -2.28. The second-order valence-corrected chi connectivity index (χ2v) is 7.16. The maximum atomic E-state index is 12.8. The zero-order valence-electron chi connectivity index (χ0n) is 15.5. The average Bonchev–Trinajstić information content (AvgIpc) is 2.66. The highest BCUT2D eigenvalue weighted by atomic mass is 16.5. The minimum absolute atomic E-state index is 0.106. The van der Waals surface area contributed by atoms with Gasteiger partial charge in [0.25, 0.3) is 5.91 Å². The molecule has 0 radical (unpaired) electrons. The topological polar surface area (TPSA) is 86.3 Å². The molecule has 1 unspecified atom stereocenters. The van der Waals surface area contributed by atoms with Crippen molar-refractivity contribution in [1.29, 1.82) is 0 Å². The van der Waals surface area contributed by atoms with Crippen molar-refractivity contribution in [1.82, 2.24) is 4.90 Å². The first-order valence-corrected chi connectivity index (χ1v) is 9.16. The molecule has 2 amide bonds. The number of quaternary nitrogens is 1. The van der Waals surface area contributed by atoms with E-state index in [4.69, 9.17) is 15.2 Å². The van der Waals surface area contributed by atoms with Gasteiger partial charge in [-0.05, 0) is 42.5 Å². The van der Waals surface area contributed by atoms with Crippen LogP contribution in [0.5, 0.6) is 11.5 Å². The van der Waals surface area contributed by atoms with Crippen LogP contribution >= 0.6 is 0 Å². The molecule has 1 aromatic rings. The minimum Gasteiger partial charge on any atom is -0.493 e. The lowest BCUT2D eigenvalue weighted by Gasteiger charge is -2.32. The van der Waals surface area contributed by atoms with Gasteiger partial charge in [-0.3, -0.25) is 9.59 Å². The van der Waals surface area contributed by atoms with Crippen molar-refractivity contribution in [3.8, 4) is 11.5 Å². The van der Waals surface area contributed by atoms with E-state index >= 15 is 0 Å². The summed E-state index contributed by atoms with van der Waals surface area (Å²) in [5.74, 6) is 1.19. The summed E-state index contributed by atoms with van der Waals surface area (Å²) in [6.45, 7) is 3.29. The molecule has 7 nitrogen and oxygen atoms in total. The third-order valence-corrected chi connectivity index (χ3v) is 5.49. The molecule has 1 saturated heterocycles. The molecule has 3 N–H and O–H groups in total. The molecule has 0 spiro atoms. The molecule has 0 bridgehead atoms. The van der Waals surface area contributed by atoms with Crippen molar-refractivity contribution in [3.05, 3.63) is 23.3 Å². The summed E-state index contributed by atoms with van der Waals surface area (Å²) in [5, 5.41) is 0. The molecule has 142 valence electrons. The van der Waals surface area contributed by atoms with E-state index in [1.54, 1.807) is 14.2 Å². The van der Waals surface area contributed by atoms with E-state index in [9.17, 15) is 9.59 Å². The number of carbonyl (C=O) groups is 2. The third kappa shape index (κ3) is 3.93. The number of nitrogens with zero attached hydrogens (tertiary/aromatic N) is 1. The van der Waals surface area contributed by atoms with Gasteiger partial charge >= 0.3 is 0 Å². The van der Waals surface area contributed by atoms with Gasteiger partial charge in [-0.25, -0.2) is 0 Å². The smallest absolute Gasteiger partial charge is 0.278 e. The van der Waals surface area contributed by atoms with Gasteiger partial charge in [0, 0.05) is 13.1 Å². The number of hydrogen-bond acceptors (Lipinski definition) is 4. The Bertz CT molecular complexity index is 692. The molecule has 0 saturated carbocycles. The summed E-state index contributed by atoms with van der Waals surface area (Å²) in [6, 6.07) is 3.97. The molecule has 0 aromatic heterocycles. The highest BCUT2D eigenvalue weighted by molar-refractivity contribution is 5.78. The van der Waals surface area contributed by atoms with Crippen molar-refractivity contribution in [2.45, 2.75) is 25.8 Å². The fourth-order valence-electron chi connectivity index (χ4n) is 3.98. The van der Waals surface area contributed by atoms with Gasteiger partial charge in [0.15, 0.2) is 18.0 Å². The number of methoxy groups -OCH3 is 2. The first-order chi connectivity index (χ1) is 12.5. The molecule has 2 atom stereocenters. The summed E-state index contributed by atoms with van der Waals surface area (Å²) >= 11 is 0. The number of primary amides is 1. The van der Waals surface area contributed by atoms with Crippen molar-refractivity contribution in [3.63, 3.8) is 0 Å². The molecule has 2 aliphatic rings. The maximum absolute atomic E-state index is 12.8. The molecule has 3 rings (SSSR count). The molecular formula is C19H28N3O4+. The number of rotatable bonds is 5. The number of nitrogens with one attached hydrogen (secondary N) is 1. The second-order valence-electron chi connectivity index (χ2n) is 7.16. The van der Waals surface area contributed by atoms with Crippen LogP contribution < -0.4 is 20.1 Å². The van der Waals surface area contributed by atoms with Gasteiger partial charge in [0.2, 0.25) is 5.91 Å². The largest absolute Gasteiger partial charge is 0.493 e. The van der Waals surface area contributed by atoms with Crippen LogP contribution in [0.3, 0.4) is 0 Å². The average molecular weight is 362 g/mol. The van der Waals surface area contributed by atoms with E-state index in [1.807, 2.05) is 17.0 Å².